The molecule has 1 aromatic rings. The van der Waals surface area contributed by atoms with Gasteiger partial charge < -0.3 is 21.3 Å². The molecule has 0 aliphatic carbocycles. The summed E-state index contributed by atoms with van der Waals surface area (Å²) >= 11 is 0. The lowest BCUT2D eigenvalue weighted by molar-refractivity contribution is 0.0694. The van der Waals surface area contributed by atoms with E-state index in [0.29, 0.717) is 12.2 Å². The molecule has 1 aromatic carbocycles. The van der Waals surface area contributed by atoms with Crippen molar-refractivity contribution in [2.75, 3.05) is 18.4 Å². The number of anilines is 1. The monoisotopic (exact) mass is 224 g/mol. The Morgan fingerprint density at radius 2 is 2.12 bits per heavy atom. The van der Waals surface area contributed by atoms with Crippen molar-refractivity contribution in [3.8, 4) is 5.75 Å². The lowest BCUT2D eigenvalue weighted by atomic mass is 10.1. The average molecular weight is 224 g/mol. The van der Waals surface area contributed by atoms with Crippen LogP contribution in [0.4, 0.5) is 5.69 Å². The van der Waals surface area contributed by atoms with E-state index in [1.54, 1.807) is 6.07 Å². The van der Waals surface area contributed by atoms with E-state index >= 15 is 0 Å². The minimum absolute atomic E-state index is 0.0937. The minimum atomic E-state index is -1.14. The summed E-state index contributed by atoms with van der Waals surface area (Å²) in [4.78, 5) is 10.7. The summed E-state index contributed by atoms with van der Waals surface area (Å²) in [7, 11) is 0. The Hall–Kier alpha value is -1.75. The molecule has 1 rings (SSSR count). The highest BCUT2D eigenvalue weighted by Gasteiger charge is 2.09. The minimum Gasteiger partial charge on any atom is -0.507 e. The topological polar surface area (TPSA) is 95.6 Å². The number of rotatable bonds is 6. The smallest absolute Gasteiger partial charge is 0.339 e. The number of unbranched alkanes of at least 4 members (excludes halogenated alkanes) is 1. The Morgan fingerprint density at radius 3 is 2.75 bits per heavy atom. The Morgan fingerprint density at radius 1 is 1.38 bits per heavy atom. The predicted octanol–water partition coefficient (Wildman–Crippen LogP) is 1.24. The lowest BCUT2D eigenvalue weighted by Crippen LogP contribution is -2.06. The normalized spacial score (nSPS) is 10.1. The lowest BCUT2D eigenvalue weighted by Gasteiger charge is -2.07. The van der Waals surface area contributed by atoms with Crippen molar-refractivity contribution in [3.63, 3.8) is 0 Å². The molecule has 0 atom stereocenters. The molecule has 0 unspecified atom stereocenters. The third-order valence-electron chi connectivity index (χ3n) is 2.19. The second-order valence-corrected chi connectivity index (χ2v) is 3.46. The fourth-order valence-electron chi connectivity index (χ4n) is 1.32. The molecule has 0 bridgehead atoms. The number of hydrogen-bond acceptors (Lipinski definition) is 4. The van der Waals surface area contributed by atoms with Gasteiger partial charge in [-0.05, 0) is 37.6 Å². The number of benzene rings is 1. The predicted molar refractivity (Wildman–Crippen MR) is 61.8 cm³/mol. The van der Waals surface area contributed by atoms with Crippen molar-refractivity contribution in [1.82, 2.24) is 0 Å². The number of carbonyl (C=O) groups is 1. The van der Waals surface area contributed by atoms with Crippen LogP contribution in [0, 0.1) is 0 Å². The Bertz CT molecular complexity index is 366. The maximum Gasteiger partial charge on any atom is 0.339 e. The van der Waals surface area contributed by atoms with Crippen molar-refractivity contribution in [2.24, 2.45) is 5.73 Å². The van der Waals surface area contributed by atoms with Crippen molar-refractivity contribution in [2.45, 2.75) is 12.8 Å². The Balaban J connectivity index is 2.61. The maximum absolute atomic E-state index is 10.7. The van der Waals surface area contributed by atoms with Gasteiger partial charge in [-0.3, -0.25) is 0 Å². The van der Waals surface area contributed by atoms with E-state index in [2.05, 4.69) is 5.32 Å². The molecule has 0 aromatic heterocycles. The molecule has 5 N–H and O–H groups in total. The molecule has 0 fully saturated rings. The van der Waals surface area contributed by atoms with Gasteiger partial charge in [-0.25, -0.2) is 4.79 Å². The van der Waals surface area contributed by atoms with E-state index in [0.717, 1.165) is 19.4 Å². The van der Waals surface area contributed by atoms with Crippen LogP contribution in [0.15, 0.2) is 18.2 Å². The first kappa shape index (κ1) is 12.3. The molecule has 0 spiro atoms. The summed E-state index contributed by atoms with van der Waals surface area (Å²) in [5.41, 5.74) is 5.95. The highest BCUT2D eigenvalue weighted by atomic mass is 16.4. The van der Waals surface area contributed by atoms with Crippen LogP contribution in [0.3, 0.4) is 0 Å². The SMILES string of the molecule is NCCCCNc1ccc(O)c(C(=O)O)c1. The Kier molecular flexibility index (Phi) is 4.60. The van der Waals surface area contributed by atoms with Gasteiger partial charge in [-0.2, -0.15) is 0 Å². The quantitative estimate of drug-likeness (QED) is 0.430. The first-order chi connectivity index (χ1) is 7.65. The Labute approximate surface area is 93.9 Å². The summed E-state index contributed by atoms with van der Waals surface area (Å²) in [5.74, 6) is -1.36. The summed E-state index contributed by atoms with van der Waals surface area (Å²) in [5, 5.41) is 21.2. The number of carboxylic acid groups (broad SMARTS) is 1. The molecule has 0 saturated carbocycles. The van der Waals surface area contributed by atoms with Crippen LogP contribution >= 0.6 is 0 Å². The van der Waals surface area contributed by atoms with E-state index in [4.69, 9.17) is 10.8 Å². The van der Waals surface area contributed by atoms with Gasteiger partial charge in [0.1, 0.15) is 11.3 Å². The number of carboxylic acids is 1. The van der Waals surface area contributed by atoms with Gasteiger partial charge in [-0.1, -0.05) is 0 Å². The van der Waals surface area contributed by atoms with Crippen molar-refractivity contribution >= 4 is 11.7 Å². The third-order valence-corrected chi connectivity index (χ3v) is 2.19. The number of hydrogen-bond donors (Lipinski definition) is 4. The second kappa shape index (κ2) is 5.97. The molecule has 5 nitrogen and oxygen atoms in total. The van der Waals surface area contributed by atoms with E-state index in [9.17, 15) is 9.90 Å². The number of nitrogens with one attached hydrogen (secondary N) is 1. The molecule has 16 heavy (non-hydrogen) atoms. The summed E-state index contributed by atoms with van der Waals surface area (Å²) in [6, 6.07) is 4.43. The maximum atomic E-state index is 10.7. The van der Waals surface area contributed by atoms with E-state index < -0.39 is 5.97 Å². The summed E-state index contributed by atoms with van der Waals surface area (Å²) in [6.07, 6.45) is 1.86. The molecule has 0 aliphatic heterocycles. The van der Waals surface area contributed by atoms with Crippen molar-refractivity contribution in [1.29, 1.82) is 0 Å². The number of aromatic carboxylic acids is 1. The molecule has 5 heteroatoms. The van der Waals surface area contributed by atoms with Crippen LogP contribution in [0.25, 0.3) is 0 Å². The molecule has 0 amide bonds. The van der Waals surface area contributed by atoms with Crippen LogP contribution in [0.5, 0.6) is 5.75 Å². The van der Waals surface area contributed by atoms with Gasteiger partial charge in [-0.15, -0.1) is 0 Å². The standard InChI is InChI=1S/C11H16N2O3/c12-5-1-2-6-13-8-3-4-10(14)9(7-8)11(15)16/h3-4,7,13-14H,1-2,5-6,12H2,(H,15,16). The van der Waals surface area contributed by atoms with Gasteiger partial charge in [0.05, 0.1) is 0 Å². The van der Waals surface area contributed by atoms with Gasteiger partial charge >= 0.3 is 5.97 Å². The van der Waals surface area contributed by atoms with Crippen LogP contribution in [0.2, 0.25) is 0 Å². The van der Waals surface area contributed by atoms with Crippen LogP contribution in [0.1, 0.15) is 23.2 Å². The number of nitrogens with two attached hydrogens (primary N) is 1. The first-order valence-electron chi connectivity index (χ1n) is 5.15. The fraction of sp³-hybridized carbons (Fsp3) is 0.364. The fourth-order valence-corrected chi connectivity index (χ4v) is 1.32. The zero-order valence-corrected chi connectivity index (χ0v) is 8.94. The summed E-state index contributed by atoms with van der Waals surface area (Å²) < 4.78 is 0. The molecular formula is C11H16N2O3. The largest absolute Gasteiger partial charge is 0.507 e. The highest BCUT2D eigenvalue weighted by Crippen LogP contribution is 2.21. The van der Waals surface area contributed by atoms with Crippen LogP contribution < -0.4 is 11.1 Å². The van der Waals surface area contributed by atoms with E-state index in [1.165, 1.54) is 12.1 Å². The van der Waals surface area contributed by atoms with Gasteiger partial charge in [0.2, 0.25) is 0 Å². The summed E-state index contributed by atoms with van der Waals surface area (Å²) in [6.45, 7) is 1.39. The van der Waals surface area contributed by atoms with E-state index in [-0.39, 0.29) is 11.3 Å². The molecule has 0 aliphatic rings. The zero-order chi connectivity index (χ0) is 12.0. The van der Waals surface area contributed by atoms with Gasteiger partial charge in [0.15, 0.2) is 0 Å². The van der Waals surface area contributed by atoms with Crippen LogP contribution in [-0.4, -0.2) is 29.3 Å². The first-order valence-corrected chi connectivity index (χ1v) is 5.15. The molecule has 88 valence electrons. The average Bonchev–Trinajstić information content (AvgIpc) is 2.26. The molecular weight excluding hydrogens is 208 g/mol. The highest BCUT2D eigenvalue weighted by molar-refractivity contribution is 5.91. The second-order valence-electron chi connectivity index (χ2n) is 3.46. The molecule has 0 heterocycles. The third kappa shape index (κ3) is 3.43. The van der Waals surface area contributed by atoms with Gasteiger partial charge in [0.25, 0.3) is 0 Å². The number of phenols is 1. The zero-order valence-electron chi connectivity index (χ0n) is 8.94. The van der Waals surface area contributed by atoms with Crippen molar-refractivity contribution < 1.29 is 15.0 Å². The molecule has 0 saturated heterocycles. The van der Waals surface area contributed by atoms with E-state index in [1.807, 2.05) is 0 Å². The number of aromatic hydroxyl groups is 1. The van der Waals surface area contributed by atoms with Crippen molar-refractivity contribution in [3.05, 3.63) is 23.8 Å². The van der Waals surface area contributed by atoms with Crippen LogP contribution in [-0.2, 0) is 0 Å². The van der Waals surface area contributed by atoms with Gasteiger partial charge in [0, 0.05) is 12.2 Å². The molecule has 0 radical (unpaired) electrons.